The highest BCUT2D eigenvalue weighted by Crippen LogP contribution is 2.44. The molecule has 6 heteroatoms. The maximum atomic E-state index is 12.8. The molecule has 1 fully saturated rings. The number of para-hydroxylation sites is 2. The highest BCUT2D eigenvalue weighted by Gasteiger charge is 2.43. The molecule has 2 aromatic carbocycles. The van der Waals surface area contributed by atoms with Crippen molar-refractivity contribution in [3.05, 3.63) is 60.2 Å². The number of carbonyl (C=O) groups is 1. The van der Waals surface area contributed by atoms with E-state index in [0.717, 1.165) is 37.0 Å². The predicted molar refractivity (Wildman–Crippen MR) is 133 cm³/mol. The van der Waals surface area contributed by atoms with Crippen LogP contribution in [0.3, 0.4) is 0 Å². The summed E-state index contributed by atoms with van der Waals surface area (Å²) in [6.07, 6.45) is 3.51. The second-order valence-corrected chi connectivity index (χ2v) is 10.1. The Hall–Kier alpha value is -2.57. The van der Waals surface area contributed by atoms with Gasteiger partial charge in [-0.2, -0.15) is 0 Å². The van der Waals surface area contributed by atoms with Gasteiger partial charge in [0.2, 0.25) is 0 Å². The Labute approximate surface area is 203 Å². The zero-order chi connectivity index (χ0) is 24.6. The van der Waals surface area contributed by atoms with Gasteiger partial charge in [0.1, 0.15) is 17.1 Å². The maximum Gasteiger partial charge on any atom is 0.410 e. The molecule has 1 amide bonds. The zero-order valence-corrected chi connectivity index (χ0v) is 21.0. The van der Waals surface area contributed by atoms with Gasteiger partial charge in [-0.15, -0.1) is 0 Å². The minimum absolute atomic E-state index is 0.142. The third-order valence-electron chi connectivity index (χ3n) is 6.23. The molecule has 6 nitrogen and oxygen atoms in total. The first-order chi connectivity index (χ1) is 16.2. The molecule has 0 spiro atoms. The fourth-order valence-electron chi connectivity index (χ4n) is 4.59. The SMILES string of the molecule is COCCCC[C@@](O)(c1ccccc1Oc1ccccc1)[C@@H]1CCCN(C(=O)OC(C)(C)C)C1. The molecular formula is C28H39NO5. The molecule has 34 heavy (non-hydrogen) atoms. The van der Waals surface area contributed by atoms with Crippen molar-refractivity contribution in [1.29, 1.82) is 0 Å². The first kappa shape index (κ1) is 26.0. The van der Waals surface area contributed by atoms with Crippen LogP contribution in [0.15, 0.2) is 54.6 Å². The number of carbonyl (C=O) groups excluding carboxylic acids is 1. The number of rotatable bonds is 9. The summed E-state index contributed by atoms with van der Waals surface area (Å²) < 4.78 is 17.1. The predicted octanol–water partition coefficient (Wildman–Crippen LogP) is 6.13. The van der Waals surface area contributed by atoms with Gasteiger partial charge >= 0.3 is 6.09 Å². The van der Waals surface area contributed by atoms with Crippen LogP contribution in [0.2, 0.25) is 0 Å². The van der Waals surface area contributed by atoms with E-state index in [9.17, 15) is 9.90 Å². The molecule has 0 aromatic heterocycles. The van der Waals surface area contributed by atoms with Crippen LogP contribution in [0.5, 0.6) is 11.5 Å². The van der Waals surface area contributed by atoms with E-state index in [1.165, 1.54) is 0 Å². The Morgan fingerprint density at radius 1 is 1.06 bits per heavy atom. The van der Waals surface area contributed by atoms with Gasteiger partial charge in [0.15, 0.2) is 0 Å². The number of piperidine rings is 1. The average molecular weight is 470 g/mol. The first-order valence-corrected chi connectivity index (χ1v) is 12.2. The van der Waals surface area contributed by atoms with Crippen molar-refractivity contribution < 1.29 is 24.1 Å². The standard InChI is InChI=1S/C28H39NO5/c1-27(2,3)34-26(30)29-19-12-13-22(21-29)28(31,18-10-11-20-32-4)24-16-8-9-17-25(24)33-23-14-6-5-7-15-23/h5-9,14-17,22,31H,10-13,18-21H2,1-4H3/t22-,28+/m1/s1. The lowest BCUT2D eigenvalue weighted by atomic mass is 9.73. The highest BCUT2D eigenvalue weighted by molar-refractivity contribution is 5.68. The Bertz CT molecular complexity index is 911. The van der Waals surface area contributed by atoms with Crippen molar-refractivity contribution in [3.63, 3.8) is 0 Å². The second-order valence-electron chi connectivity index (χ2n) is 10.1. The number of nitrogens with zero attached hydrogens (tertiary/aromatic N) is 1. The number of amides is 1. The molecule has 0 unspecified atom stereocenters. The van der Waals surface area contributed by atoms with Gasteiger partial charge in [0.25, 0.3) is 0 Å². The summed E-state index contributed by atoms with van der Waals surface area (Å²) in [6, 6.07) is 17.3. The van der Waals surface area contributed by atoms with Crippen molar-refractivity contribution in [2.24, 2.45) is 5.92 Å². The lowest BCUT2D eigenvalue weighted by Crippen LogP contribution is -2.49. The van der Waals surface area contributed by atoms with E-state index < -0.39 is 11.2 Å². The summed E-state index contributed by atoms with van der Waals surface area (Å²) >= 11 is 0. The lowest BCUT2D eigenvalue weighted by molar-refractivity contribution is -0.0651. The summed E-state index contributed by atoms with van der Waals surface area (Å²) in [5.74, 6) is 1.21. The van der Waals surface area contributed by atoms with Crippen LogP contribution in [-0.2, 0) is 15.1 Å². The number of hydrogen-bond acceptors (Lipinski definition) is 5. The second kappa shape index (κ2) is 11.7. The molecule has 186 valence electrons. The molecule has 1 aliphatic heterocycles. The van der Waals surface area contributed by atoms with E-state index in [1.54, 1.807) is 12.0 Å². The van der Waals surface area contributed by atoms with Crippen LogP contribution < -0.4 is 4.74 Å². The van der Waals surface area contributed by atoms with Gasteiger partial charge in [-0.25, -0.2) is 4.79 Å². The number of unbranched alkanes of at least 4 members (excludes halogenated alkanes) is 1. The van der Waals surface area contributed by atoms with Crippen LogP contribution >= 0.6 is 0 Å². The van der Waals surface area contributed by atoms with Gasteiger partial charge in [-0.3, -0.25) is 0 Å². The van der Waals surface area contributed by atoms with Crippen molar-refractivity contribution in [1.82, 2.24) is 4.90 Å². The van der Waals surface area contributed by atoms with E-state index in [1.807, 2.05) is 75.4 Å². The third kappa shape index (κ3) is 6.97. The van der Waals surface area contributed by atoms with Gasteiger partial charge in [0.05, 0.1) is 5.60 Å². The van der Waals surface area contributed by atoms with E-state index in [-0.39, 0.29) is 12.0 Å². The molecule has 0 aliphatic carbocycles. The molecule has 0 saturated carbocycles. The number of hydrogen-bond donors (Lipinski definition) is 1. The Morgan fingerprint density at radius 2 is 1.76 bits per heavy atom. The number of aliphatic hydroxyl groups is 1. The summed E-state index contributed by atoms with van der Waals surface area (Å²) in [6.45, 7) is 7.33. The monoisotopic (exact) mass is 469 g/mol. The van der Waals surface area contributed by atoms with Crippen LogP contribution in [0.25, 0.3) is 0 Å². The van der Waals surface area contributed by atoms with Crippen LogP contribution in [-0.4, -0.2) is 48.5 Å². The van der Waals surface area contributed by atoms with Crippen molar-refractivity contribution in [2.45, 2.75) is 64.1 Å². The van der Waals surface area contributed by atoms with Crippen molar-refractivity contribution in [2.75, 3.05) is 26.8 Å². The van der Waals surface area contributed by atoms with Gasteiger partial charge in [-0.1, -0.05) is 36.4 Å². The Kier molecular flexibility index (Phi) is 8.97. The van der Waals surface area contributed by atoms with Crippen LogP contribution in [0.4, 0.5) is 4.79 Å². The molecule has 1 aliphatic rings. The number of likely N-dealkylation sites (tertiary alicyclic amines) is 1. The molecule has 0 bridgehead atoms. The molecule has 3 rings (SSSR count). The van der Waals surface area contributed by atoms with Crippen LogP contribution in [0, 0.1) is 5.92 Å². The third-order valence-corrected chi connectivity index (χ3v) is 6.23. The molecule has 0 radical (unpaired) electrons. The zero-order valence-electron chi connectivity index (χ0n) is 21.0. The largest absolute Gasteiger partial charge is 0.457 e. The Balaban J connectivity index is 1.90. The van der Waals surface area contributed by atoms with Gasteiger partial charge < -0.3 is 24.2 Å². The molecule has 1 heterocycles. The van der Waals surface area contributed by atoms with Gasteiger partial charge in [-0.05, 0) is 71.1 Å². The molecule has 1 saturated heterocycles. The van der Waals surface area contributed by atoms with E-state index >= 15 is 0 Å². The summed E-state index contributed by atoms with van der Waals surface area (Å²) in [4.78, 5) is 14.5. The normalized spacial score (nSPS) is 18.3. The number of benzene rings is 2. The van der Waals surface area contributed by atoms with E-state index in [2.05, 4.69) is 0 Å². The summed E-state index contributed by atoms with van der Waals surface area (Å²) in [7, 11) is 1.69. The van der Waals surface area contributed by atoms with Crippen LogP contribution in [0.1, 0.15) is 58.4 Å². The summed E-state index contributed by atoms with van der Waals surface area (Å²) in [5, 5.41) is 12.3. The minimum Gasteiger partial charge on any atom is -0.457 e. The number of ether oxygens (including phenoxy) is 3. The summed E-state index contributed by atoms with van der Waals surface area (Å²) in [5.41, 5.74) is -0.955. The minimum atomic E-state index is -1.15. The molecule has 2 aromatic rings. The van der Waals surface area contributed by atoms with Crippen molar-refractivity contribution >= 4 is 6.09 Å². The van der Waals surface area contributed by atoms with Crippen molar-refractivity contribution in [3.8, 4) is 11.5 Å². The maximum absolute atomic E-state index is 12.8. The fraction of sp³-hybridized carbons (Fsp3) is 0.536. The highest BCUT2D eigenvalue weighted by atomic mass is 16.6. The van der Waals surface area contributed by atoms with E-state index in [0.29, 0.717) is 31.9 Å². The fourth-order valence-corrected chi connectivity index (χ4v) is 4.59. The first-order valence-electron chi connectivity index (χ1n) is 12.2. The average Bonchev–Trinajstić information content (AvgIpc) is 2.82. The van der Waals surface area contributed by atoms with Gasteiger partial charge in [0, 0.05) is 38.3 Å². The molecular weight excluding hydrogens is 430 g/mol. The topological polar surface area (TPSA) is 68.2 Å². The Morgan fingerprint density at radius 3 is 2.47 bits per heavy atom. The quantitative estimate of drug-likeness (QED) is 0.448. The molecule has 1 N–H and O–H groups in total. The smallest absolute Gasteiger partial charge is 0.410 e. The van der Waals surface area contributed by atoms with E-state index in [4.69, 9.17) is 14.2 Å². The molecule has 2 atom stereocenters. The number of methoxy groups -OCH3 is 1. The lowest BCUT2D eigenvalue weighted by Gasteiger charge is -2.43.